The van der Waals surface area contributed by atoms with Gasteiger partial charge in [-0.2, -0.15) is 0 Å². The highest BCUT2D eigenvalue weighted by atomic mass is 16.6. The van der Waals surface area contributed by atoms with Gasteiger partial charge in [-0.15, -0.1) is 6.58 Å². The molecule has 5 rings (SSSR count). The van der Waals surface area contributed by atoms with E-state index in [-0.39, 0.29) is 11.8 Å². The number of methoxy groups -OCH3 is 1. The van der Waals surface area contributed by atoms with E-state index in [1.54, 1.807) is 26.0 Å². The summed E-state index contributed by atoms with van der Waals surface area (Å²) < 4.78 is 19.5. The van der Waals surface area contributed by atoms with Crippen LogP contribution in [0.4, 0.5) is 0 Å². The number of carbonyl (C=O) groups excluding carboxylic acids is 1. The number of hydrogen-bond donors (Lipinski definition) is 1. The minimum Gasteiger partial charge on any atom is -0.496 e. The van der Waals surface area contributed by atoms with Gasteiger partial charge in [0.1, 0.15) is 23.2 Å². The van der Waals surface area contributed by atoms with Gasteiger partial charge in [-0.05, 0) is 37.1 Å². The number of ether oxygens (including phenoxy) is 3. The molecule has 1 N–H and O–H groups in total. The lowest BCUT2D eigenvalue weighted by molar-refractivity contribution is -0.177. The average Bonchev–Trinajstić information content (AvgIpc) is 2.86. The fourth-order valence-corrected chi connectivity index (χ4v) is 5.26. The van der Waals surface area contributed by atoms with Crippen LogP contribution in [0.15, 0.2) is 59.9 Å². The Morgan fingerprint density at radius 2 is 1.97 bits per heavy atom. The number of benzene rings is 3. The number of hydrogen-bond acceptors (Lipinski definition) is 6. The zero-order chi connectivity index (χ0) is 25.8. The Labute approximate surface area is 208 Å². The molecule has 3 aromatic carbocycles. The van der Waals surface area contributed by atoms with Crippen LogP contribution in [0.25, 0.3) is 32.6 Å². The summed E-state index contributed by atoms with van der Waals surface area (Å²) in [4.78, 5) is 26.5. The molecule has 0 amide bonds. The fraction of sp³-hybridized carbons (Fsp3) is 0.310. The molecule has 7 heteroatoms. The second kappa shape index (κ2) is 8.68. The average molecular weight is 488 g/mol. The van der Waals surface area contributed by atoms with Crippen LogP contribution in [0.3, 0.4) is 0 Å². The van der Waals surface area contributed by atoms with Crippen LogP contribution >= 0.6 is 0 Å². The molecule has 36 heavy (non-hydrogen) atoms. The van der Waals surface area contributed by atoms with Crippen molar-refractivity contribution in [3.63, 3.8) is 0 Å². The van der Waals surface area contributed by atoms with Gasteiger partial charge in [-0.1, -0.05) is 36.4 Å². The third kappa shape index (κ3) is 3.54. The van der Waals surface area contributed by atoms with Crippen LogP contribution in [0.1, 0.15) is 38.4 Å². The molecule has 186 valence electrons. The number of nitrogens with zero attached hydrogens (tertiary/aromatic N) is 1. The number of allylic oxidation sites excluding steroid dienone is 1. The van der Waals surface area contributed by atoms with Crippen LogP contribution in [0.5, 0.6) is 11.5 Å². The number of fused-ring (bicyclic) bond motifs is 6. The molecule has 2 unspecified atom stereocenters. The summed E-state index contributed by atoms with van der Waals surface area (Å²) in [7, 11) is 3.35. The quantitative estimate of drug-likeness (QED) is 0.186. The van der Waals surface area contributed by atoms with Crippen molar-refractivity contribution in [1.29, 1.82) is 0 Å². The van der Waals surface area contributed by atoms with Crippen LogP contribution in [0.2, 0.25) is 0 Å². The highest BCUT2D eigenvalue weighted by Gasteiger charge is 2.47. The first-order valence-corrected chi connectivity index (χ1v) is 11.9. The maximum absolute atomic E-state index is 14.0. The van der Waals surface area contributed by atoms with Crippen LogP contribution in [0, 0.1) is 0 Å². The number of aryl methyl sites for hydroxylation is 1. The third-order valence-corrected chi connectivity index (χ3v) is 7.00. The second-order valence-electron chi connectivity index (χ2n) is 9.67. The van der Waals surface area contributed by atoms with E-state index in [1.807, 2.05) is 48.0 Å². The van der Waals surface area contributed by atoms with Crippen molar-refractivity contribution >= 4 is 38.5 Å². The normalized spacial score (nSPS) is 18.6. The van der Waals surface area contributed by atoms with Gasteiger partial charge in [0, 0.05) is 19.5 Å². The molecule has 0 bridgehead atoms. The van der Waals surface area contributed by atoms with Crippen LogP contribution in [-0.4, -0.2) is 34.5 Å². The van der Waals surface area contributed by atoms with Crippen molar-refractivity contribution in [3.8, 4) is 11.5 Å². The highest BCUT2D eigenvalue weighted by Crippen LogP contribution is 2.47. The Kier molecular flexibility index (Phi) is 5.75. The molecular formula is C29H29NO6. The maximum Gasteiger partial charge on any atom is 0.306 e. The summed E-state index contributed by atoms with van der Waals surface area (Å²) in [6.07, 6.45) is 0.0399. The van der Waals surface area contributed by atoms with Crippen molar-refractivity contribution in [2.75, 3.05) is 7.11 Å². The molecular weight excluding hydrogens is 458 g/mol. The molecule has 4 aromatic rings. The molecule has 0 fully saturated rings. The van der Waals surface area contributed by atoms with Gasteiger partial charge in [0.15, 0.2) is 6.10 Å². The third-order valence-electron chi connectivity index (χ3n) is 7.00. The van der Waals surface area contributed by atoms with Gasteiger partial charge in [-0.25, -0.2) is 0 Å². The second-order valence-corrected chi connectivity index (χ2v) is 9.67. The van der Waals surface area contributed by atoms with Gasteiger partial charge in [0.05, 0.1) is 34.5 Å². The van der Waals surface area contributed by atoms with E-state index in [4.69, 9.17) is 14.2 Å². The zero-order valence-electron chi connectivity index (χ0n) is 20.8. The van der Waals surface area contributed by atoms with Gasteiger partial charge >= 0.3 is 5.97 Å². The predicted octanol–water partition coefficient (Wildman–Crippen LogP) is 4.94. The topological polar surface area (TPSA) is 87.0 Å². The Balaban J connectivity index is 1.83. The number of aromatic nitrogens is 1. The van der Waals surface area contributed by atoms with Gasteiger partial charge in [0.2, 0.25) is 5.43 Å². The number of pyridine rings is 1. The summed E-state index contributed by atoms with van der Waals surface area (Å²) >= 11 is 0. The molecule has 0 saturated carbocycles. The number of aliphatic hydroxyl groups excluding tert-OH is 1. The minimum atomic E-state index is -1.23. The number of rotatable bonds is 5. The molecule has 0 spiro atoms. The van der Waals surface area contributed by atoms with Crippen molar-refractivity contribution in [3.05, 3.63) is 70.9 Å². The van der Waals surface area contributed by atoms with E-state index < -0.39 is 23.8 Å². The zero-order valence-corrected chi connectivity index (χ0v) is 20.8. The molecule has 0 radical (unpaired) electrons. The molecule has 0 aliphatic carbocycles. The van der Waals surface area contributed by atoms with Crippen LogP contribution in [-0.2, 0) is 16.6 Å². The Morgan fingerprint density at radius 1 is 1.22 bits per heavy atom. The molecule has 2 atom stereocenters. The number of esters is 1. The van der Waals surface area contributed by atoms with Crippen molar-refractivity contribution in [2.45, 2.75) is 44.5 Å². The lowest BCUT2D eigenvalue weighted by Gasteiger charge is -2.42. The Hall–Kier alpha value is -3.84. The first-order valence-electron chi connectivity index (χ1n) is 11.9. The van der Waals surface area contributed by atoms with Crippen molar-refractivity contribution < 1.29 is 24.1 Å². The fourth-order valence-electron chi connectivity index (χ4n) is 5.26. The van der Waals surface area contributed by atoms with E-state index in [1.165, 1.54) is 7.11 Å². The maximum atomic E-state index is 14.0. The molecule has 7 nitrogen and oxygen atoms in total. The molecule has 1 aromatic heterocycles. The number of aliphatic hydroxyl groups is 1. The standard InChI is InChI=1S/C29H29NO6/c1-6-7-12-21(31)35-28-27(33)24-20(36-29(28,2)3)15-19(34-5)23-25(24)30(4)18-14-13-16-10-8-9-11-17(16)22(18)26(23)32/h6,8-11,13-15,27-28,33H,1,7,12H2,2-5H3. The van der Waals surface area contributed by atoms with Gasteiger partial charge in [0.25, 0.3) is 0 Å². The molecule has 1 aliphatic rings. The van der Waals surface area contributed by atoms with E-state index in [9.17, 15) is 14.7 Å². The Morgan fingerprint density at radius 3 is 2.69 bits per heavy atom. The predicted molar refractivity (Wildman–Crippen MR) is 140 cm³/mol. The molecule has 2 heterocycles. The molecule has 1 aliphatic heterocycles. The summed E-state index contributed by atoms with van der Waals surface area (Å²) in [5.41, 5.74) is 0.346. The Bertz CT molecular complexity index is 1600. The molecule has 0 saturated heterocycles. The van der Waals surface area contributed by atoms with Crippen molar-refractivity contribution in [2.24, 2.45) is 7.05 Å². The summed E-state index contributed by atoms with van der Waals surface area (Å²) in [5, 5.41) is 14.3. The highest BCUT2D eigenvalue weighted by molar-refractivity contribution is 6.11. The van der Waals surface area contributed by atoms with Crippen LogP contribution < -0.4 is 14.9 Å². The lowest BCUT2D eigenvalue weighted by atomic mass is 9.86. The smallest absolute Gasteiger partial charge is 0.306 e. The lowest BCUT2D eigenvalue weighted by Crippen LogP contribution is -2.51. The summed E-state index contributed by atoms with van der Waals surface area (Å²) in [5.74, 6) is 0.275. The van der Waals surface area contributed by atoms with Gasteiger partial charge < -0.3 is 23.9 Å². The first-order chi connectivity index (χ1) is 17.2. The van der Waals surface area contributed by atoms with E-state index in [0.29, 0.717) is 45.3 Å². The summed E-state index contributed by atoms with van der Waals surface area (Å²) in [6.45, 7) is 7.15. The minimum absolute atomic E-state index is 0.148. The summed E-state index contributed by atoms with van der Waals surface area (Å²) in [6, 6.07) is 13.2. The van der Waals surface area contributed by atoms with Gasteiger partial charge in [-0.3, -0.25) is 9.59 Å². The van der Waals surface area contributed by atoms with E-state index >= 15 is 0 Å². The van der Waals surface area contributed by atoms with E-state index in [0.717, 1.165) is 10.8 Å². The largest absolute Gasteiger partial charge is 0.496 e. The number of carbonyl (C=O) groups is 1. The van der Waals surface area contributed by atoms with E-state index in [2.05, 4.69) is 6.58 Å². The monoisotopic (exact) mass is 487 g/mol. The first kappa shape index (κ1) is 23.9. The van der Waals surface area contributed by atoms with Crippen molar-refractivity contribution in [1.82, 2.24) is 4.57 Å². The SMILES string of the molecule is C=CCCC(=O)OC1C(O)c2c(cc(OC)c3c(=O)c4c5ccccc5ccc4n(C)c23)OC1(C)C.